The van der Waals surface area contributed by atoms with Crippen LogP contribution in [0.4, 0.5) is 0 Å². The molecule has 2 heterocycles. The van der Waals surface area contributed by atoms with Gasteiger partial charge in [0, 0.05) is 28.9 Å². The maximum atomic E-state index is 10.8. The lowest BCUT2D eigenvalue weighted by Gasteiger charge is -2.01. The molecule has 102 valence electrons. The van der Waals surface area contributed by atoms with Crippen LogP contribution >= 0.6 is 11.3 Å². The third-order valence-electron chi connectivity index (χ3n) is 3.30. The number of carboxylic acid groups (broad SMARTS) is 1. The highest BCUT2D eigenvalue weighted by Crippen LogP contribution is 2.23. The Kier molecular flexibility index (Phi) is 3.52. The fraction of sp³-hybridized carbons (Fsp3) is 0.200. The largest absolute Gasteiger partial charge is 0.481 e. The van der Waals surface area contributed by atoms with Crippen LogP contribution < -0.4 is 0 Å². The zero-order chi connectivity index (χ0) is 13.9. The van der Waals surface area contributed by atoms with E-state index < -0.39 is 5.97 Å². The predicted molar refractivity (Wildman–Crippen MR) is 79.1 cm³/mol. The Bertz CT molecular complexity index is 732. The summed E-state index contributed by atoms with van der Waals surface area (Å²) in [7, 11) is 0. The van der Waals surface area contributed by atoms with Crippen molar-refractivity contribution < 1.29 is 9.90 Å². The smallest absolute Gasteiger partial charge is 0.303 e. The third-order valence-corrected chi connectivity index (χ3v) is 3.93. The molecule has 0 fully saturated rings. The Morgan fingerprint density at radius 2 is 2.20 bits per heavy atom. The van der Waals surface area contributed by atoms with Gasteiger partial charge in [0.05, 0.1) is 17.7 Å². The number of hydrogen-bond donors (Lipinski definition) is 1. The number of hydrogen-bond acceptors (Lipinski definition) is 3. The van der Waals surface area contributed by atoms with Crippen molar-refractivity contribution in [2.75, 3.05) is 0 Å². The number of nitrogens with zero attached hydrogens (tertiary/aromatic N) is 2. The number of aliphatic carboxylic acids is 1. The van der Waals surface area contributed by atoms with E-state index in [2.05, 4.69) is 15.6 Å². The molecule has 0 spiro atoms. The maximum Gasteiger partial charge on any atom is 0.303 e. The fourth-order valence-electron chi connectivity index (χ4n) is 2.38. The van der Waals surface area contributed by atoms with Crippen molar-refractivity contribution in [2.24, 2.45) is 0 Å². The summed E-state index contributed by atoms with van der Waals surface area (Å²) in [4.78, 5) is 15.1. The number of fused-ring (bicyclic) bond motifs is 1. The number of carbonyl (C=O) groups is 1. The Balaban J connectivity index is 1.97. The molecule has 2 aromatic heterocycles. The van der Waals surface area contributed by atoms with Crippen LogP contribution in [0.1, 0.15) is 17.7 Å². The molecular formula is C15H14N2O2S. The summed E-state index contributed by atoms with van der Waals surface area (Å²) in [5, 5.41) is 12.0. The molecule has 0 bridgehead atoms. The number of carboxylic acids is 1. The molecule has 0 aliphatic rings. The molecule has 0 amide bonds. The number of benzene rings is 1. The second-order valence-corrected chi connectivity index (χ2v) is 5.39. The van der Waals surface area contributed by atoms with Crippen LogP contribution in [-0.2, 0) is 17.8 Å². The van der Waals surface area contributed by atoms with E-state index in [4.69, 9.17) is 5.11 Å². The highest BCUT2D eigenvalue weighted by Gasteiger charge is 2.10. The van der Waals surface area contributed by atoms with Gasteiger partial charge in [0.2, 0.25) is 0 Å². The van der Waals surface area contributed by atoms with Crippen molar-refractivity contribution in [3.63, 3.8) is 0 Å². The van der Waals surface area contributed by atoms with Crippen molar-refractivity contribution in [3.8, 4) is 0 Å². The summed E-state index contributed by atoms with van der Waals surface area (Å²) in [6.45, 7) is 0.719. The number of rotatable bonds is 5. The number of aromatic nitrogens is 2. The van der Waals surface area contributed by atoms with Gasteiger partial charge in [0.25, 0.3) is 0 Å². The average molecular weight is 286 g/mol. The van der Waals surface area contributed by atoms with E-state index >= 15 is 0 Å². The molecule has 0 aliphatic carbocycles. The van der Waals surface area contributed by atoms with Gasteiger partial charge in [-0.3, -0.25) is 4.79 Å². The van der Waals surface area contributed by atoms with Gasteiger partial charge in [-0.05, 0) is 18.1 Å². The molecule has 4 nitrogen and oxygen atoms in total. The molecule has 0 aliphatic heterocycles. The number of para-hydroxylation sites is 1. The summed E-state index contributed by atoms with van der Waals surface area (Å²) in [5.74, 6) is -0.763. The highest BCUT2D eigenvalue weighted by atomic mass is 32.1. The van der Waals surface area contributed by atoms with E-state index in [0.29, 0.717) is 6.42 Å². The van der Waals surface area contributed by atoms with Gasteiger partial charge in [-0.1, -0.05) is 18.2 Å². The lowest BCUT2D eigenvalue weighted by molar-refractivity contribution is -0.136. The van der Waals surface area contributed by atoms with Gasteiger partial charge in [-0.25, -0.2) is 4.98 Å². The predicted octanol–water partition coefficient (Wildman–Crippen LogP) is 3.16. The first-order valence-corrected chi connectivity index (χ1v) is 7.34. The lowest BCUT2D eigenvalue weighted by atomic mass is 10.1. The molecule has 1 N–H and O–H groups in total. The van der Waals surface area contributed by atoms with Crippen molar-refractivity contribution in [1.82, 2.24) is 9.55 Å². The van der Waals surface area contributed by atoms with E-state index in [0.717, 1.165) is 28.7 Å². The van der Waals surface area contributed by atoms with Gasteiger partial charge in [0.1, 0.15) is 0 Å². The van der Waals surface area contributed by atoms with Crippen LogP contribution in [0, 0.1) is 0 Å². The van der Waals surface area contributed by atoms with Gasteiger partial charge in [0.15, 0.2) is 0 Å². The summed E-state index contributed by atoms with van der Waals surface area (Å²) < 4.78 is 2.14. The van der Waals surface area contributed by atoms with E-state index in [9.17, 15) is 4.79 Å². The van der Waals surface area contributed by atoms with Crippen LogP contribution in [-0.4, -0.2) is 20.6 Å². The minimum absolute atomic E-state index is 0.157. The van der Waals surface area contributed by atoms with E-state index in [1.54, 1.807) is 11.3 Å². The van der Waals surface area contributed by atoms with E-state index in [1.807, 2.05) is 35.3 Å². The zero-order valence-corrected chi connectivity index (χ0v) is 11.6. The van der Waals surface area contributed by atoms with Gasteiger partial charge in [-0.2, -0.15) is 0 Å². The topological polar surface area (TPSA) is 55.1 Å². The minimum Gasteiger partial charge on any atom is -0.481 e. The monoisotopic (exact) mass is 286 g/mol. The molecule has 0 saturated carbocycles. The zero-order valence-electron chi connectivity index (χ0n) is 10.8. The molecule has 0 radical (unpaired) electrons. The van der Waals surface area contributed by atoms with Crippen molar-refractivity contribution in [2.45, 2.75) is 19.4 Å². The maximum absolute atomic E-state index is 10.8. The third kappa shape index (κ3) is 2.58. The van der Waals surface area contributed by atoms with Crippen molar-refractivity contribution in [1.29, 1.82) is 0 Å². The van der Waals surface area contributed by atoms with Crippen molar-refractivity contribution >= 4 is 28.2 Å². The van der Waals surface area contributed by atoms with Gasteiger partial charge >= 0.3 is 5.97 Å². The summed E-state index contributed by atoms with van der Waals surface area (Å²) in [6.07, 6.45) is 2.76. The Morgan fingerprint density at radius 1 is 1.35 bits per heavy atom. The molecule has 0 atom stereocenters. The summed E-state index contributed by atoms with van der Waals surface area (Å²) in [6, 6.07) is 8.09. The van der Waals surface area contributed by atoms with Gasteiger partial charge in [-0.15, -0.1) is 11.3 Å². The lowest BCUT2D eigenvalue weighted by Crippen LogP contribution is -1.98. The average Bonchev–Trinajstić information content (AvgIpc) is 3.06. The molecule has 5 heteroatoms. The van der Waals surface area contributed by atoms with Crippen LogP contribution in [0.25, 0.3) is 10.9 Å². The molecule has 3 aromatic rings. The molecule has 20 heavy (non-hydrogen) atoms. The van der Waals surface area contributed by atoms with Crippen LogP contribution in [0.2, 0.25) is 0 Å². The second-order valence-electron chi connectivity index (χ2n) is 4.67. The molecule has 0 saturated heterocycles. The minimum atomic E-state index is -0.763. The SMILES string of the molecule is O=C(O)CCc1cn(Cc2cscn2)c2ccccc12. The van der Waals surface area contributed by atoms with Gasteiger partial charge < -0.3 is 9.67 Å². The normalized spacial score (nSPS) is 11.0. The quantitative estimate of drug-likeness (QED) is 0.784. The molecular weight excluding hydrogens is 272 g/mol. The van der Waals surface area contributed by atoms with Crippen molar-refractivity contribution in [3.05, 3.63) is 52.6 Å². The standard InChI is InChI=1S/C15H14N2O2S/c18-15(19)6-5-11-7-17(8-12-9-20-10-16-12)14-4-2-1-3-13(11)14/h1-4,7,9-10H,5-6,8H2,(H,18,19). The van der Waals surface area contributed by atoms with Crippen LogP contribution in [0.3, 0.4) is 0 Å². The highest BCUT2D eigenvalue weighted by molar-refractivity contribution is 7.07. The molecule has 1 aromatic carbocycles. The first kappa shape index (κ1) is 12.9. The summed E-state index contributed by atoms with van der Waals surface area (Å²) in [5.41, 5.74) is 5.06. The van der Waals surface area contributed by atoms with Crippen LogP contribution in [0.5, 0.6) is 0 Å². The van der Waals surface area contributed by atoms with E-state index in [1.165, 1.54) is 0 Å². The Labute approximate surface area is 120 Å². The van der Waals surface area contributed by atoms with Crippen LogP contribution in [0.15, 0.2) is 41.4 Å². The first-order chi connectivity index (χ1) is 9.74. The molecule has 0 unspecified atom stereocenters. The molecule has 3 rings (SSSR count). The second kappa shape index (κ2) is 5.46. The van der Waals surface area contributed by atoms with E-state index in [-0.39, 0.29) is 6.42 Å². The summed E-state index contributed by atoms with van der Waals surface area (Å²) >= 11 is 1.58. The number of aryl methyl sites for hydroxylation is 1. The first-order valence-electron chi connectivity index (χ1n) is 6.39. The Hall–Kier alpha value is -2.14. The fourth-order valence-corrected chi connectivity index (χ4v) is 2.93. The Morgan fingerprint density at radius 3 is 2.95 bits per heavy atom. The number of thiazole rings is 1.